The van der Waals surface area contributed by atoms with Crippen molar-refractivity contribution in [3.05, 3.63) is 41.7 Å². The Morgan fingerprint density at radius 3 is 2.73 bits per heavy atom. The average molecular weight is 525 g/mol. The minimum atomic E-state index is -0.492. The maximum Gasteiger partial charge on any atom is 0.311 e. The lowest BCUT2D eigenvalue weighted by molar-refractivity contribution is -0.134. The van der Waals surface area contributed by atoms with E-state index in [9.17, 15) is 4.79 Å². The van der Waals surface area contributed by atoms with Gasteiger partial charge >= 0.3 is 5.97 Å². The fourth-order valence-electron chi connectivity index (χ4n) is 5.49. The van der Waals surface area contributed by atoms with Crippen LogP contribution >= 0.6 is 11.8 Å². The molecule has 0 spiro atoms. The Bertz CT molecular complexity index is 1060. The highest BCUT2D eigenvalue weighted by atomic mass is 32.2. The third kappa shape index (κ3) is 6.88. The molecule has 202 valence electrons. The fraction of sp³-hybridized carbons (Fsp3) is 0.613. The first-order valence-corrected chi connectivity index (χ1v) is 15.3. The molecule has 0 aliphatic carbocycles. The number of aromatic nitrogens is 1. The molecule has 2 aromatic rings. The van der Waals surface area contributed by atoms with Crippen molar-refractivity contribution in [2.75, 3.05) is 31.1 Å². The first-order chi connectivity index (χ1) is 17.8. The van der Waals surface area contributed by atoms with Gasteiger partial charge in [0, 0.05) is 54.5 Å². The molecule has 1 fully saturated rings. The molecule has 0 N–H and O–H groups in total. The van der Waals surface area contributed by atoms with Crippen molar-refractivity contribution < 1.29 is 14.3 Å². The van der Waals surface area contributed by atoms with Gasteiger partial charge in [0.25, 0.3) is 0 Å². The van der Waals surface area contributed by atoms with E-state index < -0.39 is 5.60 Å². The van der Waals surface area contributed by atoms with E-state index in [-0.39, 0.29) is 5.97 Å². The van der Waals surface area contributed by atoms with Crippen LogP contribution in [0.5, 0.6) is 11.5 Å². The smallest absolute Gasteiger partial charge is 0.311 e. The molecule has 2 atom stereocenters. The molecule has 0 amide bonds. The molecule has 2 unspecified atom stereocenters. The second-order valence-electron chi connectivity index (χ2n) is 11.2. The largest absolute Gasteiger partial charge is 0.482 e. The van der Waals surface area contributed by atoms with E-state index in [1.165, 1.54) is 42.8 Å². The van der Waals surface area contributed by atoms with Crippen molar-refractivity contribution in [3.8, 4) is 22.6 Å². The predicted molar refractivity (Wildman–Crippen MR) is 154 cm³/mol. The van der Waals surface area contributed by atoms with Gasteiger partial charge in [0.15, 0.2) is 0 Å². The molecule has 3 heterocycles. The molecule has 37 heavy (non-hydrogen) atoms. The molecule has 2 aliphatic heterocycles. The number of carbonyl (C=O) groups excluding carboxylic acids is 1. The van der Waals surface area contributed by atoms with E-state index in [0.717, 1.165) is 48.5 Å². The van der Waals surface area contributed by atoms with Crippen LogP contribution in [0.1, 0.15) is 90.2 Å². The summed E-state index contributed by atoms with van der Waals surface area (Å²) < 4.78 is 12.7. The van der Waals surface area contributed by atoms with Crippen molar-refractivity contribution >= 4 is 17.7 Å². The highest BCUT2D eigenvalue weighted by Crippen LogP contribution is 2.50. The summed E-state index contributed by atoms with van der Waals surface area (Å²) in [6.45, 7) is 14.2. The van der Waals surface area contributed by atoms with Crippen molar-refractivity contribution in [3.63, 3.8) is 0 Å². The lowest BCUT2D eigenvalue weighted by Gasteiger charge is -2.36. The Morgan fingerprint density at radius 2 is 1.97 bits per heavy atom. The van der Waals surface area contributed by atoms with Gasteiger partial charge in [-0.3, -0.25) is 9.78 Å². The topological polar surface area (TPSA) is 51.7 Å². The zero-order chi connectivity index (χ0) is 26.4. The zero-order valence-electron chi connectivity index (χ0n) is 23.3. The predicted octanol–water partition coefficient (Wildman–Crippen LogP) is 7.43. The van der Waals surface area contributed by atoms with E-state index in [4.69, 9.17) is 9.47 Å². The number of pyridine rings is 1. The van der Waals surface area contributed by atoms with Crippen LogP contribution in [-0.2, 0) is 10.4 Å². The van der Waals surface area contributed by atoms with Crippen LogP contribution in [0.25, 0.3) is 11.1 Å². The number of carbonyl (C=O) groups is 1. The van der Waals surface area contributed by atoms with Crippen LogP contribution < -0.4 is 9.47 Å². The molecule has 1 aromatic heterocycles. The monoisotopic (exact) mass is 524 g/mol. The first kappa shape index (κ1) is 28.0. The molecule has 0 radical (unpaired) electrons. The first-order valence-electron chi connectivity index (χ1n) is 14.1. The molecule has 4 rings (SSSR count). The number of rotatable bonds is 11. The van der Waals surface area contributed by atoms with E-state index in [0.29, 0.717) is 24.0 Å². The van der Waals surface area contributed by atoms with Gasteiger partial charge in [0.05, 0.1) is 5.56 Å². The van der Waals surface area contributed by atoms with Crippen LogP contribution in [0, 0.1) is 5.92 Å². The summed E-state index contributed by atoms with van der Waals surface area (Å²) in [5.74, 6) is 4.43. The van der Waals surface area contributed by atoms with Gasteiger partial charge in [-0.15, -0.1) is 0 Å². The summed E-state index contributed by atoms with van der Waals surface area (Å²) in [7, 11) is 0. The number of hydrogen-bond acceptors (Lipinski definition) is 6. The molecule has 5 nitrogen and oxygen atoms in total. The molecule has 0 saturated carbocycles. The van der Waals surface area contributed by atoms with E-state index >= 15 is 0 Å². The molecule has 2 aliphatic rings. The third-order valence-corrected chi connectivity index (χ3v) is 8.96. The molecule has 6 heteroatoms. The Hall–Kier alpha value is -2.05. The highest BCUT2D eigenvalue weighted by molar-refractivity contribution is 7.99. The number of unbranched alkanes of at least 4 members (excludes halogenated alkanes) is 2. The van der Waals surface area contributed by atoms with E-state index in [1.54, 1.807) is 6.20 Å². The molecular weight excluding hydrogens is 480 g/mol. The van der Waals surface area contributed by atoms with Gasteiger partial charge in [-0.2, -0.15) is 11.8 Å². The third-order valence-electron chi connectivity index (χ3n) is 8.02. The standard InChI is InChI=1S/C31H44N2O3S/c1-6-7-8-10-22(2)23(3)24-19-27(35-29(34)11-9-14-33-15-17-37-18-16-33)30-25-21-32-13-12-26(25)31(4,5)36-28(30)20-24/h12-13,19-23H,6-11,14-18H2,1-5H3. The summed E-state index contributed by atoms with van der Waals surface area (Å²) in [6, 6.07) is 6.25. The van der Waals surface area contributed by atoms with Gasteiger partial charge in [0.1, 0.15) is 17.1 Å². The molecular formula is C31H44N2O3S. The number of benzene rings is 1. The Kier molecular flexibility index (Phi) is 9.57. The maximum atomic E-state index is 13.1. The summed E-state index contributed by atoms with van der Waals surface area (Å²) in [5, 5.41) is 0. The number of hydrogen-bond donors (Lipinski definition) is 0. The van der Waals surface area contributed by atoms with Crippen LogP contribution in [0.3, 0.4) is 0 Å². The summed E-state index contributed by atoms with van der Waals surface area (Å²) in [6.07, 6.45) is 9.83. The van der Waals surface area contributed by atoms with Crippen LogP contribution in [0.4, 0.5) is 0 Å². The zero-order valence-corrected chi connectivity index (χ0v) is 24.2. The SMILES string of the molecule is CCCCCC(C)C(C)c1cc(OC(=O)CCCN2CCSCC2)c2c(c1)OC(C)(C)c1ccncc1-2. The van der Waals surface area contributed by atoms with Gasteiger partial charge in [-0.1, -0.05) is 46.5 Å². The Morgan fingerprint density at radius 1 is 1.19 bits per heavy atom. The minimum Gasteiger partial charge on any atom is -0.482 e. The second kappa shape index (κ2) is 12.7. The normalized spacial score (nSPS) is 18.3. The Balaban J connectivity index is 1.59. The van der Waals surface area contributed by atoms with Gasteiger partial charge in [-0.05, 0) is 62.4 Å². The van der Waals surface area contributed by atoms with Gasteiger partial charge in [0.2, 0.25) is 0 Å². The highest BCUT2D eigenvalue weighted by Gasteiger charge is 2.35. The summed E-state index contributed by atoms with van der Waals surface area (Å²) in [5.41, 5.74) is 3.56. The number of thioether (sulfide) groups is 1. The van der Waals surface area contributed by atoms with E-state index in [1.807, 2.05) is 24.0 Å². The van der Waals surface area contributed by atoms with Gasteiger partial charge in [-0.25, -0.2) is 0 Å². The summed E-state index contributed by atoms with van der Waals surface area (Å²) >= 11 is 2.01. The quantitative estimate of drug-likeness (QED) is 0.173. The Labute approximate surface area is 227 Å². The fourth-order valence-corrected chi connectivity index (χ4v) is 6.47. The second-order valence-corrected chi connectivity index (χ2v) is 12.4. The lowest BCUT2D eigenvalue weighted by atomic mass is 9.82. The van der Waals surface area contributed by atoms with Gasteiger partial charge < -0.3 is 14.4 Å². The van der Waals surface area contributed by atoms with Crippen molar-refractivity contribution in [2.24, 2.45) is 5.92 Å². The average Bonchev–Trinajstić information content (AvgIpc) is 2.88. The number of nitrogens with zero attached hydrogens (tertiary/aromatic N) is 2. The molecule has 0 bridgehead atoms. The number of ether oxygens (including phenoxy) is 2. The van der Waals surface area contributed by atoms with Crippen LogP contribution in [-0.4, -0.2) is 47.0 Å². The summed E-state index contributed by atoms with van der Waals surface area (Å²) in [4.78, 5) is 19.9. The number of fused-ring (bicyclic) bond motifs is 3. The lowest BCUT2D eigenvalue weighted by Crippen LogP contribution is -2.33. The number of esters is 1. The van der Waals surface area contributed by atoms with Crippen molar-refractivity contribution in [1.29, 1.82) is 0 Å². The molecule has 1 saturated heterocycles. The van der Waals surface area contributed by atoms with Crippen molar-refractivity contribution in [2.45, 2.75) is 84.7 Å². The minimum absolute atomic E-state index is 0.176. The van der Waals surface area contributed by atoms with Crippen molar-refractivity contribution in [1.82, 2.24) is 9.88 Å². The molecule has 1 aromatic carbocycles. The maximum absolute atomic E-state index is 13.1. The van der Waals surface area contributed by atoms with Crippen LogP contribution in [0.2, 0.25) is 0 Å². The van der Waals surface area contributed by atoms with Crippen LogP contribution in [0.15, 0.2) is 30.6 Å². The van der Waals surface area contributed by atoms with E-state index in [2.05, 4.69) is 56.6 Å².